The Labute approximate surface area is 164 Å². The second-order valence-electron chi connectivity index (χ2n) is 7.83. The molecule has 146 valence electrons. The van der Waals surface area contributed by atoms with Crippen LogP contribution in [0.5, 0.6) is 0 Å². The first-order chi connectivity index (χ1) is 14.1. The summed E-state index contributed by atoms with van der Waals surface area (Å²) >= 11 is 0. The van der Waals surface area contributed by atoms with Gasteiger partial charge in [0.15, 0.2) is 5.82 Å². The summed E-state index contributed by atoms with van der Waals surface area (Å²) in [5.74, 6) is -1.78. The number of rotatable bonds is 1. The normalized spacial score (nSPS) is 18.5. The van der Waals surface area contributed by atoms with Crippen molar-refractivity contribution in [2.24, 2.45) is 0 Å². The number of hydrogen-bond acceptors (Lipinski definition) is 5. The van der Waals surface area contributed by atoms with Gasteiger partial charge in [0, 0.05) is 31.5 Å². The van der Waals surface area contributed by atoms with Crippen molar-refractivity contribution in [2.45, 2.75) is 18.3 Å². The highest BCUT2D eigenvalue weighted by atomic mass is 19.1. The number of carbonyl (C=O) groups excluding carboxylic acids is 1. The molecule has 2 aliphatic heterocycles. The van der Waals surface area contributed by atoms with Gasteiger partial charge < -0.3 is 15.6 Å². The molecule has 0 unspecified atom stereocenters. The summed E-state index contributed by atoms with van der Waals surface area (Å²) in [5.41, 5.74) is 4.90. The highest BCUT2D eigenvalue weighted by molar-refractivity contribution is 6.01. The number of aromatic amines is 1. The number of pyridine rings is 1. The third-order valence-corrected chi connectivity index (χ3v) is 6.18. The maximum absolute atomic E-state index is 14.2. The zero-order chi connectivity index (χ0) is 19.8. The maximum atomic E-state index is 14.2. The zero-order valence-corrected chi connectivity index (χ0v) is 15.3. The van der Waals surface area contributed by atoms with Crippen LogP contribution in [0, 0.1) is 11.9 Å². The molecule has 3 aromatic heterocycles. The first-order valence-corrected chi connectivity index (χ1v) is 9.49. The number of hydrogen-bond donors (Lipinski definition) is 3. The van der Waals surface area contributed by atoms with Crippen molar-refractivity contribution >= 4 is 5.91 Å². The van der Waals surface area contributed by atoms with Gasteiger partial charge in [0.25, 0.3) is 5.91 Å². The molecule has 0 saturated carbocycles. The predicted molar refractivity (Wildman–Crippen MR) is 99.3 cm³/mol. The minimum absolute atomic E-state index is 0.0371. The van der Waals surface area contributed by atoms with Crippen LogP contribution in [-0.4, -0.2) is 45.5 Å². The molecular formula is C20H16F2N6O. The van der Waals surface area contributed by atoms with Crippen molar-refractivity contribution in [2.75, 3.05) is 19.6 Å². The first-order valence-electron chi connectivity index (χ1n) is 9.49. The summed E-state index contributed by atoms with van der Waals surface area (Å²) in [6, 6.07) is 2.36. The Balaban J connectivity index is 1.53. The molecular weight excluding hydrogens is 378 g/mol. The highest BCUT2D eigenvalue weighted by Crippen LogP contribution is 2.42. The van der Waals surface area contributed by atoms with E-state index in [0.29, 0.717) is 30.6 Å². The fraction of sp³-hybridized carbons (Fsp3) is 0.300. The van der Waals surface area contributed by atoms with E-state index >= 15 is 0 Å². The summed E-state index contributed by atoms with van der Waals surface area (Å²) in [4.78, 5) is 28.2. The maximum Gasteiger partial charge on any atom is 0.253 e. The molecule has 1 saturated heterocycles. The summed E-state index contributed by atoms with van der Waals surface area (Å²) in [6.07, 6.45) is 3.07. The Kier molecular flexibility index (Phi) is 3.27. The van der Waals surface area contributed by atoms with Gasteiger partial charge in [-0.3, -0.25) is 4.79 Å². The summed E-state index contributed by atoms with van der Waals surface area (Å²) < 4.78 is 27.3. The lowest BCUT2D eigenvalue weighted by Gasteiger charge is -2.45. The number of fused-ring (bicyclic) bond motifs is 6. The Morgan fingerprint density at radius 2 is 1.93 bits per heavy atom. The fourth-order valence-corrected chi connectivity index (χ4v) is 4.57. The molecule has 3 N–H and O–H groups in total. The molecule has 1 spiro atoms. The number of halogens is 2. The molecule has 0 atom stereocenters. The predicted octanol–water partition coefficient (Wildman–Crippen LogP) is 1.49. The average molecular weight is 394 g/mol. The fourth-order valence-electron chi connectivity index (χ4n) is 4.57. The SMILES string of the molecule is O=C1NCC2(CNC2)c2[nH]c3c(c21)CCc1cnc(-c2ccc(F)nc2F)nc1-3. The Bertz CT molecular complexity index is 1200. The average Bonchev–Trinajstić information content (AvgIpc) is 3.08. The number of aryl methyl sites for hydroxylation is 1. The second-order valence-corrected chi connectivity index (χ2v) is 7.83. The number of carbonyl (C=O) groups is 1. The summed E-state index contributed by atoms with van der Waals surface area (Å²) in [6.45, 7) is 2.20. The van der Waals surface area contributed by atoms with Gasteiger partial charge >= 0.3 is 0 Å². The van der Waals surface area contributed by atoms with E-state index in [1.165, 1.54) is 6.07 Å². The molecule has 0 aromatic carbocycles. The number of amides is 1. The Morgan fingerprint density at radius 1 is 1.07 bits per heavy atom. The molecule has 29 heavy (non-hydrogen) atoms. The van der Waals surface area contributed by atoms with Gasteiger partial charge in [-0.25, -0.2) is 9.97 Å². The van der Waals surface area contributed by atoms with Crippen molar-refractivity contribution in [3.8, 4) is 22.8 Å². The standard InChI is InChI=1S/C20H16F2N6O/c21-12-4-3-11(17(22)26-12)18-24-5-9-1-2-10-13-16(27-15(10)14(9)28-18)20(6-23-7-20)8-25-19(13)29/h3-5,23,27H,1-2,6-8H2,(H,25,29). The third kappa shape index (κ3) is 2.24. The lowest BCUT2D eigenvalue weighted by molar-refractivity contribution is 0.0905. The molecule has 5 heterocycles. The lowest BCUT2D eigenvalue weighted by Crippen LogP contribution is -2.64. The van der Waals surface area contributed by atoms with Gasteiger partial charge in [-0.15, -0.1) is 0 Å². The van der Waals surface area contributed by atoms with E-state index in [2.05, 4.69) is 30.6 Å². The van der Waals surface area contributed by atoms with Crippen molar-refractivity contribution < 1.29 is 13.6 Å². The van der Waals surface area contributed by atoms with E-state index in [-0.39, 0.29) is 22.7 Å². The van der Waals surface area contributed by atoms with Crippen LogP contribution in [0.15, 0.2) is 18.3 Å². The van der Waals surface area contributed by atoms with Crippen molar-refractivity contribution in [3.63, 3.8) is 0 Å². The molecule has 0 bridgehead atoms. The smallest absolute Gasteiger partial charge is 0.253 e. The molecule has 1 fully saturated rings. The largest absolute Gasteiger partial charge is 0.356 e. The van der Waals surface area contributed by atoms with Gasteiger partial charge in [-0.2, -0.15) is 13.8 Å². The van der Waals surface area contributed by atoms with E-state index in [1.807, 2.05) is 0 Å². The van der Waals surface area contributed by atoms with Gasteiger partial charge in [-0.05, 0) is 36.1 Å². The molecule has 7 nitrogen and oxygen atoms in total. The van der Waals surface area contributed by atoms with Crippen LogP contribution in [0.1, 0.15) is 27.2 Å². The van der Waals surface area contributed by atoms with Crippen LogP contribution in [-0.2, 0) is 18.3 Å². The topological polar surface area (TPSA) is 95.6 Å². The molecule has 3 aliphatic rings. The number of nitrogens with zero attached hydrogens (tertiary/aromatic N) is 3. The molecule has 1 amide bonds. The number of aromatic nitrogens is 4. The van der Waals surface area contributed by atoms with Crippen molar-refractivity contribution in [1.82, 2.24) is 30.6 Å². The minimum atomic E-state index is -0.953. The summed E-state index contributed by atoms with van der Waals surface area (Å²) in [5, 5.41) is 6.31. The first kappa shape index (κ1) is 16.7. The summed E-state index contributed by atoms with van der Waals surface area (Å²) in [7, 11) is 0. The lowest BCUT2D eigenvalue weighted by atomic mass is 9.74. The van der Waals surface area contributed by atoms with Gasteiger partial charge in [0.05, 0.1) is 27.9 Å². The van der Waals surface area contributed by atoms with Gasteiger partial charge in [-0.1, -0.05) is 0 Å². The second kappa shape index (κ2) is 5.66. The number of H-pyrrole nitrogens is 1. The van der Waals surface area contributed by atoms with Crippen LogP contribution in [0.4, 0.5) is 8.78 Å². The van der Waals surface area contributed by atoms with E-state index in [4.69, 9.17) is 0 Å². The van der Waals surface area contributed by atoms with Crippen molar-refractivity contribution in [1.29, 1.82) is 0 Å². The van der Waals surface area contributed by atoms with E-state index in [9.17, 15) is 13.6 Å². The van der Waals surface area contributed by atoms with Crippen molar-refractivity contribution in [3.05, 3.63) is 52.6 Å². The Hall–Kier alpha value is -3.20. The zero-order valence-electron chi connectivity index (χ0n) is 15.3. The van der Waals surface area contributed by atoms with Gasteiger partial charge in [0.1, 0.15) is 0 Å². The van der Waals surface area contributed by atoms with Crippen LogP contribution in [0.25, 0.3) is 22.8 Å². The van der Waals surface area contributed by atoms with Crippen LogP contribution in [0.2, 0.25) is 0 Å². The van der Waals surface area contributed by atoms with E-state index in [1.54, 1.807) is 6.20 Å². The van der Waals surface area contributed by atoms with Crippen LogP contribution in [0.3, 0.4) is 0 Å². The monoisotopic (exact) mass is 394 g/mol. The quantitative estimate of drug-likeness (QED) is 0.544. The van der Waals surface area contributed by atoms with E-state index < -0.39 is 11.9 Å². The molecule has 6 rings (SSSR count). The molecule has 3 aromatic rings. The van der Waals surface area contributed by atoms with E-state index in [0.717, 1.165) is 41.7 Å². The third-order valence-electron chi connectivity index (χ3n) is 6.18. The van der Waals surface area contributed by atoms with Gasteiger partial charge in [0.2, 0.25) is 11.9 Å². The Morgan fingerprint density at radius 3 is 2.69 bits per heavy atom. The number of nitrogens with one attached hydrogen (secondary N) is 3. The molecule has 0 radical (unpaired) electrons. The molecule has 1 aliphatic carbocycles. The highest BCUT2D eigenvalue weighted by Gasteiger charge is 2.47. The minimum Gasteiger partial charge on any atom is -0.356 e. The van der Waals surface area contributed by atoms with Crippen LogP contribution >= 0.6 is 0 Å². The molecule has 9 heteroatoms. The van der Waals surface area contributed by atoms with Crippen LogP contribution < -0.4 is 10.6 Å².